The molecule has 236 valence electrons. The molecule has 1 unspecified atom stereocenters. The van der Waals surface area contributed by atoms with Crippen LogP contribution in [0.25, 0.3) is 0 Å². The second kappa shape index (κ2) is 13.7. The summed E-state index contributed by atoms with van der Waals surface area (Å²) in [6, 6.07) is 35.3. The lowest BCUT2D eigenvalue weighted by Crippen LogP contribution is -2.54. The van der Waals surface area contributed by atoms with Crippen molar-refractivity contribution in [2.45, 2.75) is 29.8 Å². The van der Waals surface area contributed by atoms with Gasteiger partial charge in [-0.3, -0.25) is 4.79 Å². The molecule has 0 heterocycles. The molecule has 0 amide bonds. The molecule has 0 spiro atoms. The Kier molecular flexibility index (Phi) is 9.89. The molecule has 46 heavy (non-hydrogen) atoms. The minimum absolute atomic E-state index is 0.0269. The molecule has 5 aromatic rings. The molecule has 1 atom stereocenters. The van der Waals surface area contributed by atoms with Crippen LogP contribution in [-0.4, -0.2) is 35.7 Å². The van der Waals surface area contributed by atoms with Gasteiger partial charge in [-0.05, 0) is 85.3 Å². The molecule has 1 N–H and O–H groups in total. The van der Waals surface area contributed by atoms with Gasteiger partial charge in [0, 0.05) is 10.5 Å². The number of hydrogen-bond donors (Lipinski definition) is 1. The van der Waals surface area contributed by atoms with E-state index in [4.69, 9.17) is 8.75 Å². The van der Waals surface area contributed by atoms with Crippen molar-refractivity contribution in [2.24, 2.45) is 0 Å². The van der Waals surface area contributed by atoms with Crippen molar-refractivity contribution in [3.63, 3.8) is 0 Å². The smallest absolute Gasteiger partial charge is 0.401 e. The lowest BCUT2D eigenvalue weighted by molar-refractivity contribution is 0.0148. The van der Waals surface area contributed by atoms with Gasteiger partial charge in [0.25, 0.3) is 0 Å². The topological polar surface area (TPSA) is 55.8 Å². The fraction of sp³-hybridized carbons (Fsp3) is 0.162. The summed E-state index contributed by atoms with van der Waals surface area (Å²) < 4.78 is 55.5. The fourth-order valence-electron chi connectivity index (χ4n) is 6.02. The van der Waals surface area contributed by atoms with Gasteiger partial charge in [0.15, 0.2) is 5.78 Å². The van der Waals surface area contributed by atoms with Crippen molar-refractivity contribution in [2.75, 3.05) is 12.0 Å². The van der Waals surface area contributed by atoms with Crippen LogP contribution in [0.3, 0.4) is 0 Å². The van der Waals surface area contributed by atoms with Gasteiger partial charge in [-0.25, -0.2) is 13.2 Å². The van der Waals surface area contributed by atoms with Gasteiger partial charge in [-0.1, -0.05) is 84.9 Å². The molecule has 0 saturated carbocycles. The molecule has 4 nitrogen and oxygen atoms in total. The van der Waals surface area contributed by atoms with E-state index in [1.165, 1.54) is 36.4 Å². The third kappa shape index (κ3) is 6.83. The van der Waals surface area contributed by atoms with E-state index in [2.05, 4.69) is 0 Å². The van der Waals surface area contributed by atoms with Crippen LogP contribution in [0.1, 0.15) is 40.9 Å². The number of hydrogen-bond acceptors (Lipinski definition) is 4. The second-order valence-electron chi connectivity index (χ2n) is 11.6. The van der Waals surface area contributed by atoms with E-state index in [0.29, 0.717) is 22.3 Å². The fourth-order valence-corrected chi connectivity index (χ4v) is 8.17. The summed E-state index contributed by atoms with van der Waals surface area (Å²) in [4.78, 5) is 14.1. The van der Waals surface area contributed by atoms with Crippen LogP contribution in [-0.2, 0) is 14.2 Å². The first kappa shape index (κ1) is 33.2. The maximum absolute atomic E-state index is 14.3. The minimum Gasteiger partial charge on any atom is -0.401 e. The first-order valence-electron chi connectivity index (χ1n) is 14.7. The minimum atomic E-state index is -2.47. The van der Waals surface area contributed by atoms with Gasteiger partial charge >= 0.3 is 7.32 Å². The number of carbonyl (C=O) groups is 1. The Morgan fingerprint density at radius 2 is 1.07 bits per heavy atom. The van der Waals surface area contributed by atoms with E-state index in [9.17, 15) is 23.0 Å². The van der Waals surface area contributed by atoms with Crippen LogP contribution in [0, 0.1) is 17.5 Å². The van der Waals surface area contributed by atoms with Gasteiger partial charge in [0.2, 0.25) is 0 Å². The molecule has 0 aliphatic rings. The molecule has 0 aliphatic carbocycles. The zero-order chi connectivity index (χ0) is 33.0. The Labute approximate surface area is 269 Å². The van der Waals surface area contributed by atoms with Crippen LogP contribution in [0.15, 0.2) is 138 Å². The Bertz CT molecular complexity index is 1640. The van der Waals surface area contributed by atoms with E-state index in [-0.39, 0.29) is 11.5 Å². The third-order valence-corrected chi connectivity index (χ3v) is 10.8. The summed E-state index contributed by atoms with van der Waals surface area (Å²) in [6.07, 6.45) is 1.79. The molecule has 0 aliphatic heterocycles. The summed E-state index contributed by atoms with van der Waals surface area (Å²) in [5, 5.41) is 11.6. The van der Waals surface area contributed by atoms with Crippen LogP contribution in [0.4, 0.5) is 13.2 Å². The van der Waals surface area contributed by atoms with Gasteiger partial charge in [-0.15, -0.1) is 10.3 Å². The highest BCUT2D eigenvalue weighted by molar-refractivity contribution is 8.30. The van der Waals surface area contributed by atoms with Gasteiger partial charge in [0.05, 0.1) is 16.8 Å². The molecule has 5 rings (SSSR count). The van der Waals surface area contributed by atoms with Gasteiger partial charge < -0.3 is 13.8 Å². The number of halogens is 3. The molecule has 0 saturated heterocycles. The van der Waals surface area contributed by atoms with E-state index < -0.39 is 46.1 Å². The maximum atomic E-state index is 14.3. The summed E-state index contributed by atoms with van der Waals surface area (Å²) in [5.74, 6) is -1.59. The van der Waals surface area contributed by atoms with Crippen LogP contribution in [0.5, 0.6) is 0 Å². The molecular formula is C37H34BF3O4S. The monoisotopic (exact) mass is 642 g/mol. The van der Waals surface area contributed by atoms with Crippen molar-refractivity contribution in [3.05, 3.63) is 173 Å². The normalized spacial score (nSPS) is 13.9. The van der Waals surface area contributed by atoms with Crippen LogP contribution >= 0.6 is 10.3 Å². The highest BCUT2D eigenvalue weighted by Gasteiger charge is 2.52. The standard InChI is InChI=1S/C37H34BF3O4S/c1-36(2,44-38(43)45-46(3,34-12-8-5-9-13-34)26-35(42)27-10-6-4-7-11-27)37(28-14-20-31(39)21-15-28,29-16-22-32(40)23-17-29)30-18-24-33(41)25-19-30/h4-25,43H,26H2,1-3H3. The first-order valence-corrected chi connectivity index (χ1v) is 16.8. The quantitative estimate of drug-likeness (QED) is 0.0843. The number of Topliss-reactive ketones (excluding diaryl/α,β-unsaturated/α-hetero) is 1. The number of ketones is 1. The SMILES string of the molecule is CC(C)(OB(O)OS(C)(CC(=O)c1ccccc1)c1ccccc1)C(c1ccc(F)cc1)(c1ccc(F)cc1)c1ccc(F)cc1. The average molecular weight is 643 g/mol. The molecular weight excluding hydrogens is 608 g/mol. The summed E-state index contributed by atoms with van der Waals surface area (Å²) in [6.45, 7) is 3.44. The predicted molar refractivity (Wildman–Crippen MR) is 177 cm³/mol. The summed E-state index contributed by atoms with van der Waals surface area (Å²) >= 11 is 0. The van der Waals surface area contributed by atoms with Crippen molar-refractivity contribution in [3.8, 4) is 0 Å². The van der Waals surface area contributed by atoms with Crippen LogP contribution in [0.2, 0.25) is 0 Å². The number of benzene rings is 5. The zero-order valence-electron chi connectivity index (χ0n) is 25.7. The van der Waals surface area contributed by atoms with Crippen molar-refractivity contribution < 1.29 is 31.7 Å². The molecule has 9 heteroatoms. The Morgan fingerprint density at radius 1 is 0.674 bits per heavy atom. The molecule has 0 radical (unpaired) electrons. The molecule has 0 aromatic heterocycles. The largest absolute Gasteiger partial charge is 0.647 e. The van der Waals surface area contributed by atoms with Crippen molar-refractivity contribution in [1.82, 2.24) is 0 Å². The van der Waals surface area contributed by atoms with E-state index in [0.717, 1.165) is 4.90 Å². The Hall–Kier alpha value is -4.15. The molecule has 0 fully saturated rings. The van der Waals surface area contributed by atoms with Gasteiger partial charge in [0.1, 0.15) is 17.5 Å². The Balaban J connectivity index is 1.60. The van der Waals surface area contributed by atoms with Crippen molar-refractivity contribution >= 4 is 23.4 Å². The van der Waals surface area contributed by atoms with E-state index in [1.54, 1.807) is 80.8 Å². The number of carbonyl (C=O) groups excluding carboxylic acids is 1. The first-order chi connectivity index (χ1) is 21.9. The summed E-state index contributed by atoms with van der Waals surface area (Å²) in [5.41, 5.74) is -0.616. The Morgan fingerprint density at radius 3 is 1.48 bits per heavy atom. The molecule has 5 aromatic carbocycles. The predicted octanol–water partition coefficient (Wildman–Crippen LogP) is 8.52. The van der Waals surface area contributed by atoms with Crippen molar-refractivity contribution in [1.29, 1.82) is 0 Å². The molecule has 0 bridgehead atoms. The maximum Gasteiger partial charge on any atom is 0.647 e. The van der Waals surface area contributed by atoms with E-state index >= 15 is 0 Å². The average Bonchev–Trinajstić information content (AvgIpc) is 3.04. The third-order valence-electron chi connectivity index (χ3n) is 8.17. The lowest BCUT2D eigenvalue weighted by atomic mass is 9.60. The lowest BCUT2D eigenvalue weighted by Gasteiger charge is -2.49. The van der Waals surface area contributed by atoms with Gasteiger partial charge in [-0.2, -0.15) is 0 Å². The summed E-state index contributed by atoms with van der Waals surface area (Å²) in [7, 11) is -4.31. The zero-order valence-corrected chi connectivity index (χ0v) is 26.5. The van der Waals surface area contributed by atoms with Crippen LogP contribution < -0.4 is 0 Å². The highest BCUT2D eigenvalue weighted by atomic mass is 32.3. The van der Waals surface area contributed by atoms with E-state index in [1.807, 2.05) is 36.4 Å². The highest BCUT2D eigenvalue weighted by Crippen LogP contribution is 2.55. The number of rotatable bonds is 12. The second-order valence-corrected chi connectivity index (χ2v) is 14.5.